The zero-order valence-corrected chi connectivity index (χ0v) is 13.2. The lowest BCUT2D eigenvalue weighted by atomic mass is 9.69. The largest absolute Gasteiger partial charge is 0.444 e. The van der Waals surface area contributed by atoms with E-state index in [0.29, 0.717) is 6.54 Å². The molecular weight excluding hydrogens is 242 g/mol. The summed E-state index contributed by atoms with van der Waals surface area (Å²) in [6, 6.07) is 0. The van der Waals surface area contributed by atoms with Crippen molar-refractivity contribution in [2.75, 3.05) is 13.6 Å². The zero-order chi connectivity index (χ0) is 14.9. The molecule has 0 bridgehead atoms. The smallest absolute Gasteiger partial charge is 0.410 e. The van der Waals surface area contributed by atoms with Gasteiger partial charge in [0.2, 0.25) is 0 Å². The molecule has 1 aliphatic rings. The summed E-state index contributed by atoms with van der Waals surface area (Å²) >= 11 is 0. The Morgan fingerprint density at radius 2 is 1.89 bits per heavy atom. The Hall–Kier alpha value is -0.770. The quantitative estimate of drug-likeness (QED) is 0.839. The van der Waals surface area contributed by atoms with E-state index in [0.717, 1.165) is 25.7 Å². The molecule has 1 atom stereocenters. The predicted octanol–water partition coefficient (Wildman–Crippen LogP) is 3.18. The molecule has 1 saturated carbocycles. The molecule has 1 fully saturated rings. The van der Waals surface area contributed by atoms with Gasteiger partial charge < -0.3 is 14.7 Å². The SMILES string of the molecule is CN(CC1(O)CCCC(C)(C)C1)C(=O)OC(C)(C)C. The first-order valence-electron chi connectivity index (χ1n) is 7.09. The third-order valence-corrected chi connectivity index (χ3v) is 3.54. The Bertz CT molecular complexity index is 333. The fourth-order valence-electron chi connectivity index (χ4n) is 2.94. The first-order chi connectivity index (χ1) is 8.43. The predicted molar refractivity (Wildman–Crippen MR) is 76.1 cm³/mol. The van der Waals surface area contributed by atoms with Crippen molar-refractivity contribution in [3.63, 3.8) is 0 Å². The summed E-state index contributed by atoms with van der Waals surface area (Å²) in [5, 5.41) is 10.7. The fourth-order valence-corrected chi connectivity index (χ4v) is 2.94. The molecule has 0 radical (unpaired) electrons. The molecule has 0 heterocycles. The van der Waals surface area contributed by atoms with Crippen LogP contribution in [0.5, 0.6) is 0 Å². The lowest BCUT2D eigenvalue weighted by Crippen LogP contribution is -2.49. The number of aliphatic hydroxyl groups is 1. The van der Waals surface area contributed by atoms with Crippen molar-refractivity contribution in [3.8, 4) is 0 Å². The summed E-state index contributed by atoms with van der Waals surface area (Å²) in [6.45, 7) is 10.2. The van der Waals surface area contributed by atoms with Crippen LogP contribution in [0.4, 0.5) is 4.79 Å². The van der Waals surface area contributed by atoms with Gasteiger partial charge in [-0.1, -0.05) is 13.8 Å². The number of carbonyl (C=O) groups is 1. The van der Waals surface area contributed by atoms with Crippen molar-refractivity contribution in [1.29, 1.82) is 0 Å². The first kappa shape index (κ1) is 16.3. The summed E-state index contributed by atoms with van der Waals surface area (Å²) in [5.74, 6) is 0. The van der Waals surface area contributed by atoms with Crippen LogP contribution in [0.25, 0.3) is 0 Å². The van der Waals surface area contributed by atoms with Crippen LogP contribution >= 0.6 is 0 Å². The Morgan fingerprint density at radius 3 is 2.37 bits per heavy atom. The van der Waals surface area contributed by atoms with E-state index in [1.807, 2.05) is 20.8 Å². The van der Waals surface area contributed by atoms with Crippen LogP contribution in [0, 0.1) is 5.41 Å². The first-order valence-corrected chi connectivity index (χ1v) is 7.09. The van der Waals surface area contributed by atoms with E-state index in [4.69, 9.17) is 4.74 Å². The molecule has 0 aromatic heterocycles. The molecule has 0 saturated heterocycles. The lowest BCUT2D eigenvalue weighted by Gasteiger charge is -2.43. The highest BCUT2D eigenvalue weighted by Crippen LogP contribution is 2.41. The van der Waals surface area contributed by atoms with Gasteiger partial charge in [-0.3, -0.25) is 0 Å². The van der Waals surface area contributed by atoms with E-state index in [-0.39, 0.29) is 11.5 Å². The Labute approximate surface area is 117 Å². The van der Waals surface area contributed by atoms with Gasteiger partial charge in [0.25, 0.3) is 0 Å². The number of hydrogen-bond acceptors (Lipinski definition) is 3. The van der Waals surface area contributed by atoms with Gasteiger partial charge in [0, 0.05) is 7.05 Å². The van der Waals surface area contributed by atoms with Gasteiger partial charge in [-0.25, -0.2) is 4.79 Å². The standard InChI is InChI=1S/C15H29NO3/c1-13(2,3)19-12(17)16(6)11-15(18)9-7-8-14(4,5)10-15/h18H,7-11H2,1-6H3. The molecule has 1 amide bonds. The molecule has 1 unspecified atom stereocenters. The maximum absolute atomic E-state index is 11.9. The van der Waals surface area contributed by atoms with Crippen molar-refractivity contribution in [2.45, 2.75) is 71.5 Å². The van der Waals surface area contributed by atoms with Gasteiger partial charge in [0.05, 0.1) is 12.1 Å². The average molecular weight is 271 g/mol. The molecule has 0 spiro atoms. The maximum atomic E-state index is 11.9. The van der Waals surface area contributed by atoms with Crippen LogP contribution in [-0.4, -0.2) is 40.9 Å². The van der Waals surface area contributed by atoms with Crippen molar-refractivity contribution in [1.82, 2.24) is 4.90 Å². The summed E-state index contributed by atoms with van der Waals surface area (Å²) in [7, 11) is 1.69. The number of amides is 1. The van der Waals surface area contributed by atoms with Crippen LogP contribution in [0.2, 0.25) is 0 Å². The molecular formula is C15H29NO3. The molecule has 0 aromatic carbocycles. The minimum Gasteiger partial charge on any atom is -0.444 e. The van der Waals surface area contributed by atoms with E-state index in [1.54, 1.807) is 7.05 Å². The Kier molecular flexibility index (Phi) is 4.55. The third-order valence-electron chi connectivity index (χ3n) is 3.54. The number of hydrogen-bond donors (Lipinski definition) is 1. The van der Waals surface area contributed by atoms with Crippen molar-refractivity contribution >= 4 is 6.09 Å². The Morgan fingerprint density at radius 1 is 1.32 bits per heavy atom. The highest BCUT2D eigenvalue weighted by Gasteiger charge is 2.40. The van der Waals surface area contributed by atoms with Gasteiger partial charge in [-0.15, -0.1) is 0 Å². The van der Waals surface area contributed by atoms with Crippen molar-refractivity contribution < 1.29 is 14.6 Å². The van der Waals surface area contributed by atoms with E-state index < -0.39 is 11.2 Å². The third kappa shape index (κ3) is 5.39. The normalized spacial score (nSPS) is 26.9. The van der Waals surface area contributed by atoms with Crippen molar-refractivity contribution in [3.05, 3.63) is 0 Å². The van der Waals surface area contributed by atoms with E-state index in [9.17, 15) is 9.90 Å². The maximum Gasteiger partial charge on any atom is 0.410 e. The molecule has 19 heavy (non-hydrogen) atoms. The molecule has 112 valence electrons. The van der Waals surface area contributed by atoms with Crippen LogP contribution in [0.3, 0.4) is 0 Å². The highest BCUT2D eigenvalue weighted by atomic mass is 16.6. The molecule has 1 rings (SSSR count). The topological polar surface area (TPSA) is 49.8 Å². The van der Waals surface area contributed by atoms with E-state index in [2.05, 4.69) is 13.8 Å². The molecule has 4 heteroatoms. The molecule has 0 aromatic rings. The summed E-state index contributed by atoms with van der Waals surface area (Å²) in [6.07, 6.45) is 3.25. The second-order valence-corrected chi connectivity index (χ2v) is 7.76. The minimum absolute atomic E-state index is 0.141. The monoisotopic (exact) mass is 271 g/mol. The van der Waals surface area contributed by atoms with E-state index >= 15 is 0 Å². The second kappa shape index (κ2) is 5.31. The van der Waals surface area contributed by atoms with Crippen molar-refractivity contribution in [2.24, 2.45) is 5.41 Å². The number of ether oxygens (including phenoxy) is 1. The molecule has 1 aliphatic carbocycles. The minimum atomic E-state index is -0.784. The summed E-state index contributed by atoms with van der Waals surface area (Å²) in [5.41, 5.74) is -1.14. The second-order valence-electron chi connectivity index (χ2n) is 7.76. The summed E-state index contributed by atoms with van der Waals surface area (Å²) < 4.78 is 5.31. The van der Waals surface area contributed by atoms with Crippen LogP contribution in [0.1, 0.15) is 60.3 Å². The molecule has 0 aliphatic heterocycles. The highest BCUT2D eigenvalue weighted by molar-refractivity contribution is 5.67. The summed E-state index contributed by atoms with van der Waals surface area (Å²) in [4.78, 5) is 13.4. The molecule has 4 nitrogen and oxygen atoms in total. The molecule has 1 N–H and O–H groups in total. The van der Waals surface area contributed by atoms with Gasteiger partial charge >= 0.3 is 6.09 Å². The zero-order valence-electron chi connectivity index (χ0n) is 13.2. The number of rotatable bonds is 2. The van der Waals surface area contributed by atoms with Gasteiger partial charge in [0.15, 0.2) is 0 Å². The van der Waals surface area contributed by atoms with Crippen LogP contribution in [0.15, 0.2) is 0 Å². The van der Waals surface area contributed by atoms with Gasteiger partial charge in [-0.2, -0.15) is 0 Å². The Balaban J connectivity index is 2.60. The number of likely N-dealkylation sites (N-methyl/N-ethyl adjacent to an activating group) is 1. The van der Waals surface area contributed by atoms with Crippen LogP contribution in [-0.2, 0) is 4.74 Å². The van der Waals surface area contributed by atoms with E-state index in [1.165, 1.54) is 4.90 Å². The number of carbonyl (C=O) groups excluding carboxylic acids is 1. The van der Waals surface area contributed by atoms with Gasteiger partial charge in [0.1, 0.15) is 5.60 Å². The van der Waals surface area contributed by atoms with Gasteiger partial charge in [-0.05, 0) is 51.9 Å². The lowest BCUT2D eigenvalue weighted by molar-refractivity contribution is -0.0607. The average Bonchev–Trinajstić information content (AvgIpc) is 2.11. The number of nitrogens with zero attached hydrogens (tertiary/aromatic N) is 1. The van der Waals surface area contributed by atoms with Crippen LogP contribution < -0.4 is 0 Å². The fraction of sp³-hybridized carbons (Fsp3) is 0.933.